The maximum Gasteiger partial charge on any atom is 0.211 e. The molecule has 1 aromatic rings. The first-order chi connectivity index (χ1) is 11.5. The molecule has 1 aromatic carbocycles. The van der Waals surface area contributed by atoms with Crippen LogP contribution in [0.2, 0.25) is 0 Å². The molecule has 0 radical (unpaired) electrons. The molecule has 0 saturated carbocycles. The van der Waals surface area contributed by atoms with Gasteiger partial charge in [-0.3, -0.25) is 0 Å². The van der Waals surface area contributed by atoms with Crippen molar-refractivity contribution in [1.29, 1.82) is 0 Å². The van der Waals surface area contributed by atoms with Gasteiger partial charge in [-0.2, -0.15) is 14.0 Å². The van der Waals surface area contributed by atoms with E-state index in [1.165, 1.54) is 0 Å². The number of aliphatic imine (C=N–C) groups is 1. The standard InChI is InChI=1S/C13H15ClN2O6S2/c1-20-11-4-2-10(3-5-11)12-15-13(16-6-8-21-9-7-16)24(23-12)22-14(17,18)19/h2-5H,6-9H2,1H3. The Balaban J connectivity index is 1.85. The van der Waals surface area contributed by atoms with Crippen LogP contribution in [-0.2, 0) is 8.47 Å². The van der Waals surface area contributed by atoms with Gasteiger partial charge in [-0.05, 0) is 24.3 Å². The highest BCUT2D eigenvalue weighted by atomic mass is 35.7. The third-order valence-corrected chi connectivity index (χ3v) is 7.45. The Labute approximate surface area is 147 Å². The van der Waals surface area contributed by atoms with E-state index in [-0.39, 0.29) is 0 Å². The Morgan fingerprint density at radius 3 is 2.46 bits per heavy atom. The zero-order valence-corrected chi connectivity index (χ0v) is 15.1. The number of rotatable bonds is 4. The predicted octanol–water partition coefficient (Wildman–Crippen LogP) is -1.38. The second-order valence-electron chi connectivity index (χ2n) is 4.79. The molecule has 0 aliphatic carbocycles. The molecular weight excluding hydrogens is 380 g/mol. The summed E-state index contributed by atoms with van der Waals surface area (Å²) in [5.74, 6) is 0.704. The van der Waals surface area contributed by atoms with Crippen LogP contribution < -0.4 is 18.7 Å². The number of nitrogens with zero attached hydrogens (tertiary/aromatic N) is 2. The maximum absolute atomic E-state index is 11.0. The van der Waals surface area contributed by atoms with Crippen molar-refractivity contribution in [3.63, 3.8) is 0 Å². The molecule has 2 heterocycles. The molecule has 8 nitrogen and oxygen atoms in total. The number of ether oxygens (including phenoxy) is 2. The fraction of sp³-hybridized carbons (Fsp3) is 0.385. The average molecular weight is 395 g/mol. The minimum atomic E-state index is -4.54. The van der Waals surface area contributed by atoms with E-state index < -0.39 is 20.0 Å². The van der Waals surface area contributed by atoms with Crippen molar-refractivity contribution in [2.45, 2.75) is 0 Å². The second kappa shape index (κ2) is 7.68. The first kappa shape index (κ1) is 18.1. The summed E-state index contributed by atoms with van der Waals surface area (Å²) in [5, 5.41) is 1.04. The lowest BCUT2D eigenvalue weighted by Crippen LogP contribution is -2.60. The SMILES string of the molecule is COc1ccc(C2=NC(N3CCOCC3)=S(O[Cl+3]([O-])([O-])[O-])S2)cc1. The third-order valence-electron chi connectivity index (χ3n) is 3.25. The van der Waals surface area contributed by atoms with Crippen molar-refractivity contribution >= 4 is 30.7 Å². The highest BCUT2D eigenvalue weighted by molar-refractivity contribution is 8.87. The van der Waals surface area contributed by atoms with Crippen LogP contribution in [0.25, 0.3) is 0 Å². The Bertz CT molecular complexity index is 655. The van der Waals surface area contributed by atoms with Gasteiger partial charge in [0.1, 0.15) is 10.8 Å². The molecule has 0 amide bonds. The summed E-state index contributed by atoms with van der Waals surface area (Å²) < 4.78 is 48.1. The Morgan fingerprint density at radius 2 is 1.88 bits per heavy atom. The normalized spacial score (nSPS) is 22.6. The lowest BCUT2D eigenvalue weighted by Gasteiger charge is -2.25. The van der Waals surface area contributed by atoms with Crippen LogP contribution in [0.1, 0.15) is 5.56 Å². The van der Waals surface area contributed by atoms with Gasteiger partial charge >= 0.3 is 0 Å². The van der Waals surface area contributed by atoms with Crippen molar-refractivity contribution in [1.82, 2.24) is 4.90 Å². The van der Waals surface area contributed by atoms with Gasteiger partial charge in [0, 0.05) is 29.4 Å². The average Bonchev–Trinajstić information content (AvgIpc) is 2.97. The zero-order chi connectivity index (χ0) is 17.2. The smallest absolute Gasteiger partial charge is 0.211 e. The number of benzene rings is 1. The molecule has 2 aliphatic rings. The molecule has 1 atom stereocenters. The largest absolute Gasteiger partial charge is 0.497 e. The summed E-state index contributed by atoms with van der Waals surface area (Å²) in [6.07, 6.45) is 0. The highest BCUT2D eigenvalue weighted by Gasteiger charge is 2.35. The van der Waals surface area contributed by atoms with Crippen molar-refractivity contribution in [2.24, 2.45) is 4.99 Å². The van der Waals surface area contributed by atoms with Crippen LogP contribution in [0.5, 0.6) is 5.75 Å². The lowest BCUT2D eigenvalue weighted by molar-refractivity contribution is -1.91. The van der Waals surface area contributed by atoms with Crippen LogP contribution in [0.15, 0.2) is 29.3 Å². The van der Waals surface area contributed by atoms with Gasteiger partial charge in [-0.1, -0.05) is 0 Å². The quantitative estimate of drug-likeness (QED) is 0.453. The van der Waals surface area contributed by atoms with Gasteiger partial charge in [-0.25, -0.2) is 9.89 Å². The minimum absolute atomic E-state index is 0.445. The first-order valence-corrected chi connectivity index (χ1v) is 10.6. The van der Waals surface area contributed by atoms with Crippen LogP contribution in [-0.4, -0.2) is 48.5 Å². The summed E-state index contributed by atoms with van der Waals surface area (Å²) in [6.45, 7) is 2.16. The molecule has 3 rings (SSSR count). The molecule has 11 heteroatoms. The van der Waals surface area contributed by atoms with E-state index in [2.05, 4.69) is 8.73 Å². The van der Waals surface area contributed by atoms with E-state index in [9.17, 15) is 14.0 Å². The summed E-state index contributed by atoms with van der Waals surface area (Å²) >= 11 is 0. The van der Waals surface area contributed by atoms with Crippen LogP contribution in [0.4, 0.5) is 0 Å². The molecule has 2 aliphatic heterocycles. The summed E-state index contributed by atoms with van der Waals surface area (Å²) in [5.41, 5.74) is 0.796. The molecule has 1 unspecified atom stereocenters. The van der Waals surface area contributed by atoms with E-state index in [0.717, 1.165) is 16.4 Å². The summed E-state index contributed by atoms with van der Waals surface area (Å²) in [7, 11) is -3.16. The van der Waals surface area contributed by atoms with Crippen molar-refractivity contribution in [2.75, 3.05) is 33.4 Å². The monoisotopic (exact) mass is 394 g/mol. The van der Waals surface area contributed by atoms with Gasteiger partial charge in [0.15, 0.2) is 8.85 Å². The van der Waals surface area contributed by atoms with Crippen molar-refractivity contribution in [3.05, 3.63) is 29.8 Å². The molecule has 1 saturated heterocycles. The van der Waals surface area contributed by atoms with E-state index in [1.54, 1.807) is 19.2 Å². The molecule has 0 N–H and O–H groups in total. The molecule has 132 valence electrons. The van der Waals surface area contributed by atoms with Crippen molar-refractivity contribution in [3.8, 4) is 5.75 Å². The number of halogens is 1. The van der Waals surface area contributed by atoms with E-state index in [0.29, 0.717) is 42.2 Å². The second-order valence-corrected chi connectivity index (χ2v) is 8.84. The molecular formula is C13H15ClN2O6S2. The van der Waals surface area contributed by atoms with Crippen molar-refractivity contribution < 1.29 is 37.4 Å². The van der Waals surface area contributed by atoms with Gasteiger partial charge < -0.3 is 9.47 Å². The van der Waals surface area contributed by atoms with Gasteiger partial charge in [0.05, 0.1) is 30.6 Å². The predicted molar refractivity (Wildman–Crippen MR) is 83.2 cm³/mol. The summed E-state index contributed by atoms with van der Waals surface area (Å²) in [4.78, 5) is 6.39. The van der Waals surface area contributed by atoms with Crippen LogP contribution >= 0.6 is 20.6 Å². The first-order valence-electron chi connectivity index (χ1n) is 6.92. The molecule has 0 aromatic heterocycles. The van der Waals surface area contributed by atoms with Gasteiger partial charge in [0.25, 0.3) is 0 Å². The molecule has 1 fully saturated rings. The van der Waals surface area contributed by atoms with Crippen LogP contribution in [0, 0.1) is 10.2 Å². The Morgan fingerprint density at radius 1 is 1.21 bits per heavy atom. The molecule has 0 spiro atoms. The highest BCUT2D eigenvalue weighted by Crippen LogP contribution is 2.44. The third kappa shape index (κ3) is 4.48. The van der Waals surface area contributed by atoms with Crippen LogP contribution in [0.3, 0.4) is 0 Å². The lowest BCUT2D eigenvalue weighted by atomic mass is 10.2. The fourth-order valence-corrected chi connectivity index (χ4v) is 6.50. The van der Waals surface area contributed by atoms with E-state index in [1.807, 2.05) is 17.0 Å². The number of methoxy groups -OCH3 is 1. The number of hydrogen-bond donors (Lipinski definition) is 0. The van der Waals surface area contributed by atoms with Gasteiger partial charge in [0.2, 0.25) is 9.80 Å². The Kier molecular flexibility index (Phi) is 5.80. The van der Waals surface area contributed by atoms with E-state index >= 15 is 0 Å². The Hall–Kier alpha value is -0.690. The topological polar surface area (TPSA) is 112 Å². The number of morpholine rings is 1. The maximum atomic E-state index is 11.0. The van der Waals surface area contributed by atoms with Gasteiger partial charge in [-0.15, -0.1) is 0 Å². The summed E-state index contributed by atoms with van der Waals surface area (Å²) in [6, 6.07) is 7.20. The fourth-order valence-electron chi connectivity index (χ4n) is 2.14. The minimum Gasteiger partial charge on any atom is -0.497 e. The number of hydrogen-bond acceptors (Lipinski definition) is 9. The van der Waals surface area contributed by atoms with E-state index in [4.69, 9.17) is 9.47 Å². The zero-order valence-electron chi connectivity index (χ0n) is 12.7. The molecule has 0 bridgehead atoms. The molecule has 24 heavy (non-hydrogen) atoms.